The van der Waals surface area contributed by atoms with Crippen LogP contribution < -0.4 is 10.0 Å². The molecule has 28 heavy (non-hydrogen) atoms. The second kappa shape index (κ2) is 10.3. The largest absolute Gasteiger partial charge is 0.593 e. The molecule has 2 atom stereocenters. The molecule has 0 radical (unpaired) electrons. The fourth-order valence-corrected chi connectivity index (χ4v) is 3.85. The maximum atomic E-state index is 12.5. The zero-order valence-electron chi connectivity index (χ0n) is 15.2. The summed E-state index contributed by atoms with van der Waals surface area (Å²) in [7, 11) is 0. The van der Waals surface area contributed by atoms with Crippen molar-refractivity contribution < 1.29 is 9.35 Å². The Morgan fingerprint density at radius 3 is 2.18 bits per heavy atom. The van der Waals surface area contributed by atoms with Gasteiger partial charge in [-0.3, -0.25) is 4.79 Å². The van der Waals surface area contributed by atoms with Crippen LogP contribution in [0.3, 0.4) is 0 Å². The second-order valence-corrected chi connectivity index (χ2v) is 8.03. The van der Waals surface area contributed by atoms with Crippen LogP contribution in [-0.4, -0.2) is 17.0 Å². The average Bonchev–Trinajstić information content (AvgIpc) is 2.73. The predicted molar refractivity (Wildman–Crippen MR) is 115 cm³/mol. The molecule has 144 valence electrons. The molecule has 0 bridgehead atoms. The first-order valence-electron chi connectivity index (χ1n) is 8.92. The number of hydrogen-bond acceptors (Lipinski definition) is 3. The second-order valence-electron chi connectivity index (χ2n) is 6.30. The summed E-state index contributed by atoms with van der Waals surface area (Å²) < 4.78 is 15.5. The molecule has 0 aliphatic rings. The van der Waals surface area contributed by atoms with E-state index in [1.54, 1.807) is 12.1 Å². The van der Waals surface area contributed by atoms with E-state index in [2.05, 4.69) is 10.0 Å². The Hall–Kier alpha value is -2.31. The maximum Gasteiger partial charge on any atom is 0.225 e. The topological polar surface area (TPSA) is 64.2 Å². The fraction of sp³-hybridized carbons (Fsp3) is 0.136. The lowest BCUT2D eigenvalue weighted by molar-refractivity contribution is -0.116. The standard InChI is InChI=1S/C22H21ClN2O2S/c23-19-13-11-17(12-14-19)18(15-22(26)25-20-7-3-1-4-8-20)16-24-28(27)21-9-5-2-6-10-21/h1-14,18,24H,15-16H2,(H,25,26). The SMILES string of the molecule is O=C(CC(CN[S+]([O-])c1ccccc1)c1ccc(Cl)cc1)Nc1ccccc1. The maximum absolute atomic E-state index is 12.5. The minimum atomic E-state index is -1.34. The van der Waals surface area contributed by atoms with E-state index >= 15 is 0 Å². The van der Waals surface area contributed by atoms with Crippen molar-refractivity contribution in [3.8, 4) is 0 Å². The first-order chi connectivity index (χ1) is 13.6. The molecule has 6 heteroatoms. The summed E-state index contributed by atoms with van der Waals surface area (Å²) >= 11 is 4.65. The number of para-hydroxylation sites is 1. The number of benzene rings is 3. The van der Waals surface area contributed by atoms with E-state index in [9.17, 15) is 9.35 Å². The Labute approximate surface area is 173 Å². The van der Waals surface area contributed by atoms with E-state index in [1.165, 1.54) is 0 Å². The monoisotopic (exact) mass is 412 g/mol. The molecule has 3 aromatic carbocycles. The number of rotatable bonds is 8. The minimum Gasteiger partial charge on any atom is -0.593 e. The van der Waals surface area contributed by atoms with Gasteiger partial charge in [0.2, 0.25) is 5.91 Å². The van der Waals surface area contributed by atoms with Crippen LogP contribution in [-0.2, 0) is 16.2 Å². The average molecular weight is 413 g/mol. The van der Waals surface area contributed by atoms with E-state index in [0.717, 1.165) is 11.3 Å². The van der Waals surface area contributed by atoms with E-state index in [1.807, 2.05) is 72.8 Å². The summed E-state index contributed by atoms with van der Waals surface area (Å²) in [6, 6.07) is 25.9. The molecular formula is C22H21ClN2O2S. The molecule has 0 aromatic heterocycles. The number of halogens is 1. The molecule has 2 N–H and O–H groups in total. The van der Waals surface area contributed by atoms with Crippen molar-refractivity contribution in [1.82, 2.24) is 4.72 Å². The molecule has 2 unspecified atom stereocenters. The minimum absolute atomic E-state index is 0.0987. The van der Waals surface area contributed by atoms with Crippen LogP contribution in [0, 0.1) is 0 Å². The molecule has 4 nitrogen and oxygen atoms in total. The number of anilines is 1. The Balaban J connectivity index is 1.68. The lowest BCUT2D eigenvalue weighted by Gasteiger charge is -2.19. The van der Waals surface area contributed by atoms with Crippen molar-refractivity contribution in [2.45, 2.75) is 17.2 Å². The molecule has 0 heterocycles. The van der Waals surface area contributed by atoms with Crippen molar-refractivity contribution in [2.75, 3.05) is 11.9 Å². The normalized spacial score (nSPS) is 12.9. The van der Waals surface area contributed by atoms with Crippen LogP contribution in [0.4, 0.5) is 5.69 Å². The van der Waals surface area contributed by atoms with Crippen molar-refractivity contribution in [2.24, 2.45) is 0 Å². The van der Waals surface area contributed by atoms with Crippen LogP contribution in [0.5, 0.6) is 0 Å². The quantitative estimate of drug-likeness (QED) is 0.524. The Morgan fingerprint density at radius 2 is 1.54 bits per heavy atom. The number of amides is 1. The van der Waals surface area contributed by atoms with E-state index in [-0.39, 0.29) is 18.2 Å². The summed E-state index contributed by atoms with van der Waals surface area (Å²) in [6.07, 6.45) is 0.259. The van der Waals surface area contributed by atoms with Crippen LogP contribution in [0.25, 0.3) is 0 Å². The number of carbonyl (C=O) groups excluding carboxylic acids is 1. The molecule has 0 spiro atoms. The third kappa shape index (κ3) is 6.11. The first-order valence-corrected chi connectivity index (χ1v) is 10.5. The molecular weight excluding hydrogens is 392 g/mol. The zero-order valence-corrected chi connectivity index (χ0v) is 16.7. The Morgan fingerprint density at radius 1 is 0.929 bits per heavy atom. The molecule has 1 amide bonds. The van der Waals surface area contributed by atoms with Gasteiger partial charge in [0.05, 0.1) is 11.4 Å². The molecule has 0 aliphatic carbocycles. The summed E-state index contributed by atoms with van der Waals surface area (Å²) in [5, 5.41) is 3.54. The molecule has 0 aliphatic heterocycles. The Bertz CT molecular complexity index is 876. The lowest BCUT2D eigenvalue weighted by Crippen LogP contribution is -2.30. The van der Waals surface area contributed by atoms with Gasteiger partial charge in [-0.1, -0.05) is 60.1 Å². The van der Waals surface area contributed by atoms with Gasteiger partial charge in [-0.05, 0) is 42.0 Å². The van der Waals surface area contributed by atoms with E-state index in [0.29, 0.717) is 16.5 Å². The van der Waals surface area contributed by atoms with Crippen LogP contribution in [0.1, 0.15) is 17.9 Å². The first kappa shape index (κ1) is 20.4. The molecule has 3 aromatic rings. The third-order valence-corrected chi connectivity index (χ3v) is 5.63. The summed E-state index contributed by atoms with van der Waals surface area (Å²) in [6.45, 7) is 0.394. The van der Waals surface area contributed by atoms with Gasteiger partial charge in [0.1, 0.15) is 0 Å². The van der Waals surface area contributed by atoms with Crippen molar-refractivity contribution in [3.05, 3.63) is 95.5 Å². The van der Waals surface area contributed by atoms with E-state index in [4.69, 9.17) is 11.6 Å². The highest BCUT2D eigenvalue weighted by Gasteiger charge is 2.20. The zero-order chi connectivity index (χ0) is 19.8. The molecule has 0 saturated carbocycles. The van der Waals surface area contributed by atoms with Crippen LogP contribution in [0.15, 0.2) is 89.8 Å². The van der Waals surface area contributed by atoms with Gasteiger partial charge < -0.3 is 9.87 Å². The van der Waals surface area contributed by atoms with Crippen LogP contribution in [0.2, 0.25) is 5.02 Å². The number of hydrogen-bond donors (Lipinski definition) is 2. The molecule has 0 fully saturated rings. The van der Waals surface area contributed by atoms with Gasteiger partial charge in [-0.15, -0.1) is 4.72 Å². The van der Waals surface area contributed by atoms with Gasteiger partial charge in [-0.2, -0.15) is 0 Å². The van der Waals surface area contributed by atoms with Gasteiger partial charge in [0.15, 0.2) is 4.90 Å². The van der Waals surface area contributed by atoms with Crippen LogP contribution >= 0.6 is 11.6 Å². The molecule has 0 saturated heterocycles. The highest BCUT2D eigenvalue weighted by atomic mass is 35.5. The van der Waals surface area contributed by atoms with Gasteiger partial charge in [0.25, 0.3) is 0 Å². The molecule has 3 rings (SSSR count). The van der Waals surface area contributed by atoms with E-state index < -0.39 is 11.4 Å². The number of carbonyl (C=O) groups is 1. The lowest BCUT2D eigenvalue weighted by atomic mass is 9.95. The summed E-state index contributed by atoms with van der Waals surface area (Å²) in [5.41, 5.74) is 1.72. The third-order valence-electron chi connectivity index (χ3n) is 4.25. The fourth-order valence-electron chi connectivity index (χ4n) is 2.80. The van der Waals surface area contributed by atoms with Crippen molar-refractivity contribution >= 4 is 34.6 Å². The van der Waals surface area contributed by atoms with Gasteiger partial charge >= 0.3 is 0 Å². The van der Waals surface area contributed by atoms with Crippen molar-refractivity contribution in [3.63, 3.8) is 0 Å². The highest BCUT2D eigenvalue weighted by Crippen LogP contribution is 2.23. The summed E-state index contributed by atoms with van der Waals surface area (Å²) in [4.78, 5) is 13.2. The van der Waals surface area contributed by atoms with Gasteiger partial charge in [-0.25, -0.2) is 0 Å². The summed E-state index contributed by atoms with van der Waals surface area (Å²) in [5.74, 6) is -0.243. The predicted octanol–water partition coefficient (Wildman–Crippen LogP) is 4.76. The van der Waals surface area contributed by atoms with Crippen molar-refractivity contribution in [1.29, 1.82) is 0 Å². The Kier molecular flexibility index (Phi) is 7.51. The number of nitrogens with one attached hydrogen (secondary N) is 2. The van der Waals surface area contributed by atoms with Gasteiger partial charge in [0, 0.05) is 29.6 Å². The smallest absolute Gasteiger partial charge is 0.225 e. The highest BCUT2D eigenvalue weighted by molar-refractivity contribution is 7.89.